The van der Waals surface area contributed by atoms with E-state index < -0.39 is 0 Å². The number of benzene rings is 1. The van der Waals surface area contributed by atoms with Gasteiger partial charge in [0.2, 0.25) is 0 Å². The minimum Gasteiger partial charge on any atom is -0.374 e. The first kappa shape index (κ1) is 15.7. The molecule has 0 saturated carbocycles. The fourth-order valence-corrected chi connectivity index (χ4v) is 2.23. The van der Waals surface area contributed by atoms with Gasteiger partial charge in [-0.2, -0.15) is 0 Å². The van der Waals surface area contributed by atoms with Crippen molar-refractivity contribution in [3.63, 3.8) is 0 Å². The zero-order chi connectivity index (χ0) is 15.1. The number of anilines is 2. The lowest BCUT2D eigenvalue weighted by Crippen LogP contribution is -2.08. The molecule has 2 N–H and O–H groups in total. The van der Waals surface area contributed by atoms with Gasteiger partial charge in [-0.3, -0.25) is 0 Å². The predicted molar refractivity (Wildman–Crippen MR) is 88.4 cm³/mol. The molecule has 0 radical (unpaired) electrons. The third kappa shape index (κ3) is 4.68. The number of nitrogens with one attached hydrogen (secondary N) is 2. The quantitative estimate of drug-likeness (QED) is 0.800. The van der Waals surface area contributed by atoms with Crippen LogP contribution in [0.1, 0.15) is 18.3 Å². The maximum Gasteiger partial charge on any atom is 0.158 e. The minimum atomic E-state index is 0.412. The van der Waals surface area contributed by atoms with E-state index >= 15 is 0 Å². The highest BCUT2D eigenvalue weighted by Gasteiger charge is 2.05. The zero-order valence-corrected chi connectivity index (χ0v) is 13.8. The molecule has 0 bridgehead atoms. The highest BCUT2D eigenvalue weighted by atomic mass is 79.9. The molecule has 0 unspecified atom stereocenters. The van der Waals surface area contributed by atoms with Crippen LogP contribution in [0.2, 0.25) is 0 Å². The van der Waals surface area contributed by atoms with E-state index in [4.69, 9.17) is 4.74 Å². The van der Waals surface area contributed by atoms with E-state index in [9.17, 15) is 0 Å². The molecule has 1 heterocycles. The molecule has 21 heavy (non-hydrogen) atoms. The van der Waals surface area contributed by atoms with Crippen LogP contribution in [0, 0.1) is 0 Å². The lowest BCUT2D eigenvalue weighted by atomic mass is 10.2. The Kier molecular flexibility index (Phi) is 5.95. The monoisotopic (exact) mass is 350 g/mol. The Hall–Kier alpha value is -1.66. The minimum absolute atomic E-state index is 0.412. The first-order chi connectivity index (χ1) is 10.2. The van der Waals surface area contributed by atoms with Gasteiger partial charge in [0.1, 0.15) is 18.2 Å². The van der Waals surface area contributed by atoms with Crippen molar-refractivity contribution in [1.29, 1.82) is 0 Å². The normalized spacial score (nSPS) is 10.4. The van der Waals surface area contributed by atoms with E-state index in [1.807, 2.05) is 38.2 Å². The van der Waals surface area contributed by atoms with Crippen molar-refractivity contribution in [3.8, 4) is 0 Å². The second-order valence-corrected chi connectivity index (χ2v) is 5.24. The van der Waals surface area contributed by atoms with Crippen molar-refractivity contribution in [2.75, 3.05) is 24.3 Å². The first-order valence-corrected chi connectivity index (χ1v) is 7.63. The molecule has 2 rings (SSSR count). The highest BCUT2D eigenvalue weighted by molar-refractivity contribution is 9.10. The third-order valence-corrected chi connectivity index (χ3v) is 3.66. The Morgan fingerprint density at radius 1 is 1.19 bits per heavy atom. The number of hydrogen-bond donors (Lipinski definition) is 2. The number of rotatable bonds is 7. The van der Waals surface area contributed by atoms with Crippen LogP contribution < -0.4 is 10.6 Å². The number of ether oxygens (including phenoxy) is 1. The second-order valence-electron chi connectivity index (χ2n) is 4.39. The summed E-state index contributed by atoms with van der Waals surface area (Å²) in [5.41, 5.74) is 1.17. The van der Waals surface area contributed by atoms with Gasteiger partial charge in [0.25, 0.3) is 0 Å². The van der Waals surface area contributed by atoms with Crippen molar-refractivity contribution >= 4 is 27.6 Å². The van der Waals surface area contributed by atoms with Crippen LogP contribution in [-0.4, -0.2) is 23.6 Å². The summed E-state index contributed by atoms with van der Waals surface area (Å²) in [6, 6.07) is 9.99. The Morgan fingerprint density at radius 2 is 1.95 bits per heavy atom. The predicted octanol–water partition coefficient (Wildman–Crippen LogP) is 3.43. The summed E-state index contributed by atoms with van der Waals surface area (Å²) in [5, 5.41) is 6.35. The molecular formula is C15H19BrN4O. The van der Waals surface area contributed by atoms with Gasteiger partial charge in [-0.1, -0.05) is 34.1 Å². The number of halogens is 1. The summed E-state index contributed by atoms with van der Waals surface area (Å²) in [6.45, 7) is 3.70. The molecule has 6 heteroatoms. The summed E-state index contributed by atoms with van der Waals surface area (Å²) in [5.74, 6) is 2.22. The third-order valence-electron chi connectivity index (χ3n) is 2.88. The fourth-order valence-electron chi connectivity index (χ4n) is 1.80. The highest BCUT2D eigenvalue weighted by Crippen LogP contribution is 2.18. The van der Waals surface area contributed by atoms with Crippen LogP contribution in [-0.2, 0) is 17.9 Å². The van der Waals surface area contributed by atoms with E-state index in [0.29, 0.717) is 25.6 Å². The van der Waals surface area contributed by atoms with Gasteiger partial charge in [-0.25, -0.2) is 9.97 Å². The van der Waals surface area contributed by atoms with E-state index in [-0.39, 0.29) is 0 Å². The van der Waals surface area contributed by atoms with Crippen LogP contribution in [0.4, 0.5) is 11.6 Å². The largest absolute Gasteiger partial charge is 0.374 e. The van der Waals surface area contributed by atoms with Gasteiger partial charge in [0.15, 0.2) is 5.82 Å². The zero-order valence-electron chi connectivity index (χ0n) is 12.2. The summed E-state index contributed by atoms with van der Waals surface area (Å²) in [6.07, 6.45) is 0. The first-order valence-electron chi connectivity index (χ1n) is 6.83. The molecule has 0 atom stereocenters. The average molecular weight is 351 g/mol. The molecule has 0 aliphatic rings. The summed E-state index contributed by atoms with van der Waals surface area (Å²) in [7, 11) is 1.84. The number of hydrogen-bond acceptors (Lipinski definition) is 5. The smallest absolute Gasteiger partial charge is 0.158 e. The van der Waals surface area contributed by atoms with E-state index in [1.54, 1.807) is 0 Å². The molecule has 0 saturated heterocycles. The summed E-state index contributed by atoms with van der Waals surface area (Å²) < 4.78 is 6.45. The number of nitrogens with zero attached hydrogens (tertiary/aromatic N) is 2. The molecule has 112 valence electrons. The van der Waals surface area contributed by atoms with Gasteiger partial charge >= 0.3 is 0 Å². The molecule has 0 amide bonds. The average Bonchev–Trinajstić information content (AvgIpc) is 2.52. The molecule has 1 aromatic heterocycles. The molecule has 5 nitrogen and oxygen atoms in total. The van der Waals surface area contributed by atoms with Crippen LogP contribution in [0.5, 0.6) is 0 Å². The van der Waals surface area contributed by atoms with Crippen molar-refractivity contribution < 1.29 is 4.74 Å². The Balaban J connectivity index is 2.09. The topological polar surface area (TPSA) is 59.1 Å². The Labute approximate surface area is 133 Å². The molecule has 1 aromatic carbocycles. The summed E-state index contributed by atoms with van der Waals surface area (Å²) in [4.78, 5) is 8.83. The van der Waals surface area contributed by atoms with Crippen LogP contribution in [0.15, 0.2) is 34.8 Å². The second kappa shape index (κ2) is 7.95. The van der Waals surface area contributed by atoms with Crippen molar-refractivity contribution in [2.45, 2.75) is 20.1 Å². The van der Waals surface area contributed by atoms with Gasteiger partial charge < -0.3 is 15.4 Å². The molecular weight excluding hydrogens is 332 g/mol. The maximum absolute atomic E-state index is 5.37. The molecule has 2 aromatic rings. The van der Waals surface area contributed by atoms with E-state index in [1.165, 1.54) is 5.56 Å². The molecule has 0 aliphatic heterocycles. The van der Waals surface area contributed by atoms with Crippen molar-refractivity contribution in [1.82, 2.24) is 9.97 Å². The van der Waals surface area contributed by atoms with Crippen LogP contribution >= 0.6 is 15.9 Å². The van der Waals surface area contributed by atoms with Gasteiger partial charge in [-0.15, -0.1) is 0 Å². The molecule has 0 spiro atoms. The lowest BCUT2D eigenvalue weighted by Gasteiger charge is -2.11. The van der Waals surface area contributed by atoms with Crippen LogP contribution in [0.25, 0.3) is 0 Å². The fraction of sp³-hybridized carbons (Fsp3) is 0.333. The number of aromatic nitrogens is 2. The van der Waals surface area contributed by atoms with Crippen LogP contribution in [0.3, 0.4) is 0 Å². The Bertz CT molecular complexity index is 592. The van der Waals surface area contributed by atoms with E-state index in [2.05, 4.69) is 42.6 Å². The molecule has 0 fully saturated rings. The Morgan fingerprint density at radius 3 is 2.67 bits per heavy atom. The van der Waals surface area contributed by atoms with Gasteiger partial charge in [-0.05, 0) is 18.6 Å². The van der Waals surface area contributed by atoms with Crippen molar-refractivity contribution in [3.05, 3.63) is 46.2 Å². The standard InChI is InChI=1S/C15H19BrN4O/c1-3-21-10-15-19-13(17-2)8-14(20-15)18-9-11-6-4-5-7-12(11)16/h4-8H,3,9-10H2,1-2H3,(H2,17,18,19,20). The summed E-state index contributed by atoms with van der Waals surface area (Å²) >= 11 is 3.54. The maximum atomic E-state index is 5.37. The lowest BCUT2D eigenvalue weighted by molar-refractivity contribution is 0.128. The van der Waals surface area contributed by atoms with Gasteiger partial charge in [0, 0.05) is 30.7 Å². The van der Waals surface area contributed by atoms with Gasteiger partial charge in [0.05, 0.1) is 0 Å². The van der Waals surface area contributed by atoms with E-state index in [0.717, 1.165) is 16.1 Å². The molecule has 0 aliphatic carbocycles. The SMILES string of the molecule is CCOCc1nc(NC)cc(NCc2ccccc2Br)n1. The van der Waals surface area contributed by atoms with Crippen molar-refractivity contribution in [2.24, 2.45) is 0 Å².